The Morgan fingerprint density at radius 3 is 2.27 bits per heavy atom. The highest BCUT2D eigenvalue weighted by atomic mass is 16.4. The quantitative estimate of drug-likeness (QED) is 0.353. The topological polar surface area (TPSA) is 99.8 Å². The zero-order valence-corrected chi connectivity index (χ0v) is 18.0. The van der Waals surface area contributed by atoms with Crippen molar-refractivity contribution >= 4 is 22.8 Å². The van der Waals surface area contributed by atoms with E-state index in [9.17, 15) is 19.8 Å². The molecule has 3 N–H and O–H groups in total. The lowest BCUT2D eigenvalue weighted by atomic mass is 9.92. The molecule has 0 spiro atoms. The summed E-state index contributed by atoms with van der Waals surface area (Å²) in [7, 11) is 0. The minimum absolute atomic E-state index is 0.129. The number of carbonyl (C=O) groups excluding carboxylic acids is 1. The van der Waals surface area contributed by atoms with Crippen molar-refractivity contribution in [1.82, 2.24) is 5.32 Å². The molecule has 6 heteroatoms. The Labute approximate surface area is 191 Å². The Kier molecular flexibility index (Phi) is 6.86. The Bertz CT molecular complexity index is 1200. The third-order valence-corrected chi connectivity index (χ3v) is 5.66. The molecule has 0 aliphatic carbocycles. The first kappa shape index (κ1) is 22.3. The van der Waals surface area contributed by atoms with Crippen LogP contribution in [-0.2, 0) is 11.2 Å². The molecule has 0 bridgehead atoms. The van der Waals surface area contributed by atoms with E-state index in [2.05, 4.69) is 5.32 Å². The van der Waals surface area contributed by atoms with E-state index in [0.29, 0.717) is 17.7 Å². The molecular weight excluding hydrogens is 418 g/mol. The van der Waals surface area contributed by atoms with E-state index < -0.39 is 17.9 Å². The Hall–Kier alpha value is -3.90. The summed E-state index contributed by atoms with van der Waals surface area (Å²) in [4.78, 5) is 24.5. The number of fused-ring (bicyclic) bond motifs is 1. The summed E-state index contributed by atoms with van der Waals surface area (Å²) >= 11 is 0. The van der Waals surface area contributed by atoms with Crippen molar-refractivity contribution in [2.75, 3.05) is 6.61 Å². The fraction of sp³-hybridized carbons (Fsp3) is 0.185. The number of amides is 1. The standard InChI is InChI=1S/C27H25NO5/c29-17-23(15-22(27(31)32)14-18-6-2-1-3-7-18)28-26(30)20-12-10-19(11-13-20)25-16-21-8-4-5-9-24(21)33-25/h1-13,16,22-23,29H,14-15,17H2,(H,28,30)(H,31,32)/t22-,23-/m0/s1. The molecule has 168 valence electrons. The van der Waals surface area contributed by atoms with Crippen molar-refractivity contribution in [3.63, 3.8) is 0 Å². The summed E-state index contributed by atoms with van der Waals surface area (Å²) in [5, 5.41) is 23.1. The molecule has 0 saturated carbocycles. The van der Waals surface area contributed by atoms with Crippen LogP contribution in [0, 0.1) is 5.92 Å². The predicted molar refractivity (Wildman–Crippen MR) is 126 cm³/mol. The van der Waals surface area contributed by atoms with Gasteiger partial charge >= 0.3 is 5.97 Å². The molecule has 33 heavy (non-hydrogen) atoms. The van der Waals surface area contributed by atoms with Crippen LogP contribution < -0.4 is 5.32 Å². The Balaban J connectivity index is 1.41. The maximum Gasteiger partial charge on any atom is 0.306 e. The van der Waals surface area contributed by atoms with Crippen LogP contribution >= 0.6 is 0 Å². The summed E-state index contributed by atoms with van der Waals surface area (Å²) in [6.45, 7) is -0.346. The van der Waals surface area contributed by atoms with E-state index in [4.69, 9.17) is 4.42 Å². The molecule has 2 atom stereocenters. The van der Waals surface area contributed by atoms with Gasteiger partial charge in [0.25, 0.3) is 5.91 Å². The molecule has 0 radical (unpaired) electrons. The molecule has 4 aromatic rings. The molecule has 1 heterocycles. The third-order valence-electron chi connectivity index (χ3n) is 5.66. The van der Waals surface area contributed by atoms with Gasteiger partial charge in [-0.15, -0.1) is 0 Å². The van der Waals surface area contributed by atoms with Gasteiger partial charge in [-0.2, -0.15) is 0 Å². The number of aliphatic hydroxyl groups excluding tert-OH is 1. The van der Waals surface area contributed by atoms with Gasteiger partial charge in [0.05, 0.1) is 18.6 Å². The second kappa shape index (κ2) is 10.1. The van der Waals surface area contributed by atoms with Gasteiger partial charge in [0.15, 0.2) is 0 Å². The molecule has 0 aliphatic rings. The monoisotopic (exact) mass is 443 g/mol. The van der Waals surface area contributed by atoms with E-state index >= 15 is 0 Å². The van der Waals surface area contributed by atoms with Gasteiger partial charge < -0.3 is 19.9 Å². The number of hydrogen-bond donors (Lipinski definition) is 3. The normalized spacial score (nSPS) is 12.9. The van der Waals surface area contributed by atoms with Gasteiger partial charge in [0.2, 0.25) is 0 Å². The molecule has 1 aromatic heterocycles. The van der Waals surface area contributed by atoms with E-state index in [1.165, 1.54) is 0 Å². The number of benzene rings is 3. The van der Waals surface area contributed by atoms with E-state index in [0.717, 1.165) is 22.1 Å². The van der Waals surface area contributed by atoms with Gasteiger partial charge in [-0.1, -0.05) is 60.7 Å². The number of aliphatic carboxylic acids is 1. The van der Waals surface area contributed by atoms with Crippen LogP contribution in [0.1, 0.15) is 22.3 Å². The second-order valence-corrected chi connectivity index (χ2v) is 8.04. The number of para-hydroxylation sites is 1. The zero-order chi connectivity index (χ0) is 23.2. The number of furan rings is 1. The maximum absolute atomic E-state index is 12.7. The lowest BCUT2D eigenvalue weighted by Crippen LogP contribution is -2.40. The van der Waals surface area contributed by atoms with Gasteiger partial charge in [-0.25, -0.2) is 0 Å². The first-order valence-electron chi connectivity index (χ1n) is 10.8. The highest BCUT2D eigenvalue weighted by molar-refractivity contribution is 5.95. The van der Waals surface area contributed by atoms with Crippen molar-refractivity contribution in [1.29, 1.82) is 0 Å². The van der Waals surface area contributed by atoms with Crippen LogP contribution in [0.5, 0.6) is 0 Å². The largest absolute Gasteiger partial charge is 0.481 e. The van der Waals surface area contributed by atoms with E-state index in [-0.39, 0.29) is 18.9 Å². The summed E-state index contributed by atoms with van der Waals surface area (Å²) in [5.41, 5.74) is 2.95. The predicted octanol–water partition coefficient (Wildman–Crippen LogP) is 4.52. The molecule has 0 unspecified atom stereocenters. The minimum atomic E-state index is -0.957. The third kappa shape index (κ3) is 5.48. The van der Waals surface area contributed by atoms with Crippen molar-refractivity contribution in [3.8, 4) is 11.3 Å². The van der Waals surface area contributed by atoms with Crippen LogP contribution in [0.15, 0.2) is 89.3 Å². The van der Waals surface area contributed by atoms with Gasteiger partial charge in [0, 0.05) is 16.5 Å². The molecule has 6 nitrogen and oxygen atoms in total. The van der Waals surface area contributed by atoms with Crippen molar-refractivity contribution in [2.24, 2.45) is 5.92 Å². The summed E-state index contributed by atoms with van der Waals surface area (Å²) in [5.74, 6) is -1.34. The average molecular weight is 443 g/mol. The molecular formula is C27H25NO5. The van der Waals surface area contributed by atoms with Crippen molar-refractivity contribution in [2.45, 2.75) is 18.9 Å². The molecule has 1 amide bonds. The Morgan fingerprint density at radius 2 is 1.61 bits per heavy atom. The van der Waals surface area contributed by atoms with E-state index in [1.807, 2.05) is 60.7 Å². The first-order valence-corrected chi connectivity index (χ1v) is 10.8. The summed E-state index contributed by atoms with van der Waals surface area (Å²) in [6, 6.07) is 25.3. The van der Waals surface area contributed by atoms with Crippen molar-refractivity contribution in [3.05, 3.63) is 96.1 Å². The van der Waals surface area contributed by atoms with Crippen molar-refractivity contribution < 1.29 is 24.2 Å². The smallest absolute Gasteiger partial charge is 0.306 e. The second-order valence-electron chi connectivity index (χ2n) is 8.04. The lowest BCUT2D eigenvalue weighted by molar-refractivity contribution is -0.142. The molecule has 0 saturated heterocycles. The molecule has 0 fully saturated rings. The van der Waals surface area contributed by atoms with Gasteiger partial charge in [0.1, 0.15) is 11.3 Å². The summed E-state index contributed by atoms with van der Waals surface area (Å²) < 4.78 is 5.86. The van der Waals surface area contributed by atoms with Crippen LogP contribution in [0.25, 0.3) is 22.3 Å². The SMILES string of the molecule is O=C(N[C@H](CO)C[C@H](Cc1ccccc1)C(=O)O)c1ccc(-c2cc3ccccc3o2)cc1. The number of hydrogen-bond acceptors (Lipinski definition) is 4. The maximum atomic E-state index is 12.7. The lowest BCUT2D eigenvalue weighted by Gasteiger charge is -2.21. The van der Waals surface area contributed by atoms with Gasteiger partial charge in [-0.3, -0.25) is 9.59 Å². The Morgan fingerprint density at radius 1 is 0.909 bits per heavy atom. The summed E-state index contributed by atoms with van der Waals surface area (Å²) in [6.07, 6.45) is 0.457. The number of carbonyl (C=O) groups is 2. The van der Waals surface area contributed by atoms with E-state index in [1.54, 1.807) is 24.3 Å². The van der Waals surface area contributed by atoms with Crippen LogP contribution in [0.4, 0.5) is 0 Å². The zero-order valence-electron chi connectivity index (χ0n) is 18.0. The molecule has 0 aliphatic heterocycles. The number of rotatable bonds is 9. The van der Waals surface area contributed by atoms with Crippen LogP contribution in [0.2, 0.25) is 0 Å². The fourth-order valence-electron chi connectivity index (χ4n) is 3.87. The minimum Gasteiger partial charge on any atom is -0.481 e. The fourth-order valence-corrected chi connectivity index (χ4v) is 3.87. The van der Waals surface area contributed by atoms with Crippen LogP contribution in [0.3, 0.4) is 0 Å². The number of nitrogens with one attached hydrogen (secondary N) is 1. The van der Waals surface area contributed by atoms with Gasteiger partial charge in [-0.05, 0) is 42.7 Å². The molecule has 4 rings (SSSR count). The van der Waals surface area contributed by atoms with Crippen LogP contribution in [-0.4, -0.2) is 34.7 Å². The number of carboxylic acids is 1. The first-order chi connectivity index (χ1) is 16.0. The number of carboxylic acid groups (broad SMARTS) is 1. The number of aliphatic hydroxyl groups is 1. The molecule has 3 aromatic carbocycles. The highest BCUT2D eigenvalue weighted by Gasteiger charge is 2.24. The highest BCUT2D eigenvalue weighted by Crippen LogP contribution is 2.27. The average Bonchev–Trinajstić information content (AvgIpc) is 3.28.